The summed E-state index contributed by atoms with van der Waals surface area (Å²) >= 11 is 0. The molecular formula is C52H53N3O10. The number of ether oxygens (including phenoxy) is 4. The van der Waals surface area contributed by atoms with Crippen LogP contribution in [-0.2, 0) is 53.0 Å². The molecule has 0 unspecified atom stereocenters. The minimum atomic E-state index is -1.44. The Morgan fingerprint density at radius 2 is 1.37 bits per heavy atom. The fraction of sp³-hybridized carbons (Fsp3) is 0.288. The van der Waals surface area contributed by atoms with Gasteiger partial charge < -0.3 is 40.0 Å². The van der Waals surface area contributed by atoms with Crippen molar-refractivity contribution in [2.75, 3.05) is 19.8 Å². The summed E-state index contributed by atoms with van der Waals surface area (Å²) < 4.78 is 22.7. The van der Waals surface area contributed by atoms with Gasteiger partial charge in [-0.2, -0.15) is 0 Å². The third-order valence-electron chi connectivity index (χ3n) is 11.4. The van der Waals surface area contributed by atoms with Gasteiger partial charge in [0.15, 0.2) is 6.04 Å². The monoisotopic (exact) mass is 879 g/mol. The molecule has 0 radical (unpaired) electrons. The first kappa shape index (κ1) is 45.8. The van der Waals surface area contributed by atoms with Gasteiger partial charge in [0.25, 0.3) is 0 Å². The predicted octanol–water partition coefficient (Wildman–Crippen LogP) is 6.71. The number of nitrogens with one attached hydrogen (secondary N) is 3. The fourth-order valence-corrected chi connectivity index (χ4v) is 7.93. The molecule has 1 heterocycles. The number of aliphatic hydroxyl groups excluding tert-OH is 1. The highest BCUT2D eigenvalue weighted by Gasteiger charge is 2.33. The molecule has 2 aliphatic rings. The topological polar surface area (TPSA) is 179 Å². The van der Waals surface area contributed by atoms with E-state index in [2.05, 4.69) is 16.0 Å². The number of cyclic esters (lactones) is 1. The SMILES string of the molecule is O=C(C[C@H]1CC=CCC[C@H](NC(=O)OCC2c3ccccc3-c3ccccc32)C(=O)OC[C@H](C(=O)OCc2ccccc2)NC1=O)N[C@H](CO)Cc1ccc(OCc2ccccc2)cc1. The second kappa shape index (κ2) is 22.9. The first-order valence-corrected chi connectivity index (χ1v) is 21.8. The molecular weight excluding hydrogens is 827 g/mol. The molecule has 5 aromatic rings. The van der Waals surface area contributed by atoms with Crippen molar-refractivity contribution >= 4 is 29.8 Å². The first-order valence-electron chi connectivity index (χ1n) is 21.8. The minimum Gasteiger partial charge on any atom is -0.489 e. The van der Waals surface area contributed by atoms with Crippen molar-refractivity contribution in [2.45, 2.75) is 69.4 Å². The first-order chi connectivity index (χ1) is 31.7. The second-order valence-electron chi connectivity index (χ2n) is 16.1. The van der Waals surface area contributed by atoms with Gasteiger partial charge in [-0.05, 0) is 76.8 Å². The quantitative estimate of drug-likeness (QED) is 0.0502. The summed E-state index contributed by atoms with van der Waals surface area (Å²) in [6, 6.07) is 38.8. The van der Waals surface area contributed by atoms with Crippen LogP contribution >= 0.6 is 0 Å². The van der Waals surface area contributed by atoms with E-state index >= 15 is 0 Å². The van der Waals surface area contributed by atoms with Crippen LogP contribution in [0, 0.1) is 5.92 Å². The summed E-state index contributed by atoms with van der Waals surface area (Å²) in [6.07, 6.45) is 3.25. The van der Waals surface area contributed by atoms with Gasteiger partial charge in [0.2, 0.25) is 11.8 Å². The lowest BCUT2D eigenvalue weighted by Gasteiger charge is -2.23. The zero-order valence-corrected chi connectivity index (χ0v) is 35.9. The van der Waals surface area contributed by atoms with Gasteiger partial charge in [0.05, 0.1) is 18.6 Å². The maximum absolute atomic E-state index is 13.9. The Balaban J connectivity index is 0.983. The van der Waals surface area contributed by atoms with Gasteiger partial charge in [-0.15, -0.1) is 0 Å². The number of amides is 3. The van der Waals surface area contributed by atoms with E-state index in [1.54, 1.807) is 36.4 Å². The van der Waals surface area contributed by atoms with Crippen LogP contribution in [0.2, 0.25) is 0 Å². The summed E-state index contributed by atoms with van der Waals surface area (Å²) in [4.78, 5) is 67.7. The van der Waals surface area contributed by atoms with Crippen molar-refractivity contribution in [3.05, 3.63) is 173 Å². The maximum Gasteiger partial charge on any atom is 0.407 e. The van der Waals surface area contributed by atoms with Crippen LogP contribution < -0.4 is 20.7 Å². The van der Waals surface area contributed by atoms with Crippen LogP contribution in [0.5, 0.6) is 5.75 Å². The second-order valence-corrected chi connectivity index (χ2v) is 16.1. The molecule has 0 saturated heterocycles. The number of benzene rings is 5. The van der Waals surface area contributed by atoms with E-state index < -0.39 is 60.5 Å². The van der Waals surface area contributed by atoms with Gasteiger partial charge in [0, 0.05) is 12.3 Å². The number of aliphatic hydroxyl groups is 1. The average Bonchev–Trinajstić information content (AvgIpc) is 3.66. The molecule has 1 aliphatic carbocycles. The van der Waals surface area contributed by atoms with Crippen LogP contribution in [0.15, 0.2) is 146 Å². The number of carbonyl (C=O) groups excluding carboxylic acids is 5. The van der Waals surface area contributed by atoms with Crippen LogP contribution in [0.3, 0.4) is 0 Å². The highest BCUT2D eigenvalue weighted by molar-refractivity contribution is 5.90. The largest absolute Gasteiger partial charge is 0.489 e. The number of fused-ring (bicyclic) bond motifs is 3. The van der Waals surface area contributed by atoms with E-state index in [-0.39, 0.29) is 45.0 Å². The van der Waals surface area contributed by atoms with Crippen molar-refractivity contribution in [3.8, 4) is 16.9 Å². The summed E-state index contributed by atoms with van der Waals surface area (Å²) in [7, 11) is 0. The van der Waals surface area contributed by atoms with Crippen LogP contribution in [0.1, 0.15) is 59.4 Å². The summed E-state index contributed by atoms with van der Waals surface area (Å²) in [5.41, 5.74) is 6.83. The third kappa shape index (κ3) is 12.9. The van der Waals surface area contributed by atoms with Gasteiger partial charge in [0.1, 0.15) is 38.2 Å². The predicted molar refractivity (Wildman–Crippen MR) is 242 cm³/mol. The summed E-state index contributed by atoms with van der Waals surface area (Å²) in [5, 5.41) is 18.3. The van der Waals surface area contributed by atoms with Crippen LogP contribution in [0.25, 0.3) is 11.1 Å². The van der Waals surface area contributed by atoms with Gasteiger partial charge >= 0.3 is 18.0 Å². The number of carbonyl (C=O) groups is 5. The third-order valence-corrected chi connectivity index (χ3v) is 11.4. The van der Waals surface area contributed by atoms with Crippen molar-refractivity contribution < 1.29 is 48.0 Å². The Labute approximate surface area is 378 Å². The number of rotatable bonds is 15. The van der Waals surface area contributed by atoms with Gasteiger partial charge in [-0.25, -0.2) is 14.4 Å². The number of hydrogen-bond donors (Lipinski definition) is 4. The smallest absolute Gasteiger partial charge is 0.407 e. The Bertz CT molecular complexity index is 2380. The molecule has 1 aliphatic heterocycles. The molecule has 336 valence electrons. The molecule has 0 bridgehead atoms. The molecule has 4 N–H and O–H groups in total. The van der Waals surface area contributed by atoms with E-state index in [4.69, 9.17) is 18.9 Å². The van der Waals surface area contributed by atoms with Crippen molar-refractivity contribution in [1.82, 2.24) is 16.0 Å². The molecule has 3 amide bonds. The van der Waals surface area contributed by atoms with Crippen LogP contribution in [-0.4, -0.2) is 72.9 Å². The molecule has 0 fully saturated rings. The lowest BCUT2D eigenvalue weighted by molar-refractivity contribution is -0.156. The molecule has 0 saturated carbocycles. The molecule has 4 atom stereocenters. The molecule has 7 rings (SSSR count). The van der Waals surface area contributed by atoms with Crippen LogP contribution in [0.4, 0.5) is 4.79 Å². The molecule has 13 heteroatoms. The van der Waals surface area contributed by atoms with Gasteiger partial charge in [-0.3, -0.25) is 9.59 Å². The van der Waals surface area contributed by atoms with E-state index in [1.165, 1.54) is 0 Å². The Kier molecular flexibility index (Phi) is 16.1. The number of alkyl carbamates (subject to hydrolysis) is 1. The standard InChI is InChI=1S/C52H53N3O10/c56-30-39(28-35-24-26-40(27-25-35)62-31-36-14-4-1-5-15-36)53-48(57)29-38-18-8-3-9-23-46(50(59)64-34-47(54-49(38)58)51(60)63-32-37-16-6-2-7-17-37)55-52(61)65-33-45-43-21-12-10-19-41(43)42-20-11-13-22-44(42)45/h1-8,10-17,19-22,24-27,38-39,45-47,56H,9,18,23,28-34H2,(H,53,57)(H,54,58)(H,55,61)/t38-,39+,46+,47-/m1/s1. The number of allylic oxidation sites excluding steroid dienone is 2. The lowest BCUT2D eigenvalue weighted by Crippen LogP contribution is -2.49. The highest BCUT2D eigenvalue weighted by Crippen LogP contribution is 2.44. The summed E-state index contributed by atoms with van der Waals surface area (Å²) in [6.45, 7) is -0.597. The molecule has 5 aromatic carbocycles. The molecule has 65 heavy (non-hydrogen) atoms. The average molecular weight is 880 g/mol. The zero-order chi connectivity index (χ0) is 45.4. The highest BCUT2D eigenvalue weighted by atomic mass is 16.6. The van der Waals surface area contributed by atoms with E-state index in [9.17, 15) is 29.1 Å². The van der Waals surface area contributed by atoms with E-state index in [0.717, 1.165) is 33.4 Å². The van der Waals surface area contributed by atoms with Crippen molar-refractivity contribution in [3.63, 3.8) is 0 Å². The molecule has 13 nitrogen and oxygen atoms in total. The minimum absolute atomic E-state index is 0.0367. The van der Waals surface area contributed by atoms with Gasteiger partial charge in [-0.1, -0.05) is 133 Å². The van der Waals surface area contributed by atoms with E-state index in [1.807, 2.05) is 109 Å². The zero-order valence-electron chi connectivity index (χ0n) is 35.9. The summed E-state index contributed by atoms with van der Waals surface area (Å²) in [5.74, 6) is -3.26. The molecule has 0 spiro atoms. The lowest BCUT2D eigenvalue weighted by atomic mass is 9.97. The van der Waals surface area contributed by atoms with E-state index in [0.29, 0.717) is 30.8 Å². The van der Waals surface area contributed by atoms with Crippen molar-refractivity contribution in [1.29, 1.82) is 0 Å². The Morgan fingerprint density at radius 3 is 2.03 bits per heavy atom. The maximum atomic E-state index is 13.9. The Morgan fingerprint density at radius 1 is 0.738 bits per heavy atom. The Hall–Kier alpha value is -7.25. The number of hydrogen-bond acceptors (Lipinski definition) is 10. The molecule has 0 aromatic heterocycles. The fourth-order valence-electron chi connectivity index (χ4n) is 7.93. The normalized spacial score (nSPS) is 17.9. The number of esters is 2. The van der Waals surface area contributed by atoms with Crippen molar-refractivity contribution in [2.24, 2.45) is 5.92 Å².